The number of rotatable bonds is 1. The lowest BCUT2D eigenvalue weighted by atomic mass is 10.4. The Morgan fingerprint density at radius 3 is 2.25 bits per heavy atom. The maximum absolute atomic E-state index is 5.40. The molecule has 0 heterocycles. The summed E-state index contributed by atoms with van der Waals surface area (Å²) in [5, 5.41) is 0. The number of hydrogen-bond acceptors (Lipinski definition) is 1. The zero-order valence-electron chi connectivity index (χ0n) is 5.11. The van der Waals surface area contributed by atoms with Crippen LogP contribution < -0.4 is 5.73 Å². The summed E-state index contributed by atoms with van der Waals surface area (Å²) >= 11 is 3.27. The minimum Gasteiger partial charge on any atom is -0.401 e. The molecule has 1 nitrogen and oxygen atoms in total. The molecule has 0 unspecified atom stereocenters. The van der Waals surface area contributed by atoms with Gasteiger partial charge in [0, 0.05) is 10.2 Å². The Hall–Kier alpha value is -0.240. The Labute approximate surface area is 58.4 Å². The lowest BCUT2D eigenvalue weighted by Gasteiger charge is -1.90. The highest BCUT2D eigenvalue weighted by atomic mass is 79.9. The van der Waals surface area contributed by atoms with Crippen molar-refractivity contribution in [2.45, 2.75) is 13.8 Å². The highest BCUT2D eigenvalue weighted by molar-refractivity contribution is 9.11. The van der Waals surface area contributed by atoms with Gasteiger partial charge in [-0.25, -0.2) is 0 Å². The molecule has 8 heavy (non-hydrogen) atoms. The largest absolute Gasteiger partial charge is 0.401 e. The monoisotopic (exact) mass is 175 g/mol. The first-order valence-electron chi connectivity index (χ1n) is 2.43. The average Bonchev–Trinajstić information content (AvgIpc) is 1.67. The Morgan fingerprint density at radius 1 is 1.62 bits per heavy atom. The minimum absolute atomic E-state index is 0.808. The summed E-state index contributed by atoms with van der Waals surface area (Å²) < 4.78 is 0.958. The van der Waals surface area contributed by atoms with Crippen molar-refractivity contribution in [1.29, 1.82) is 0 Å². The van der Waals surface area contributed by atoms with Gasteiger partial charge in [0.05, 0.1) is 0 Å². The van der Waals surface area contributed by atoms with E-state index in [0.717, 1.165) is 10.2 Å². The second kappa shape index (κ2) is 3.72. The normalized spacial score (nSPS) is 14.4. The zero-order chi connectivity index (χ0) is 6.57. The molecule has 0 aromatic rings. The van der Waals surface area contributed by atoms with E-state index in [4.69, 9.17) is 5.73 Å². The summed E-state index contributed by atoms with van der Waals surface area (Å²) in [7, 11) is 0. The fourth-order valence-electron chi connectivity index (χ4n) is 0.278. The van der Waals surface area contributed by atoms with E-state index in [9.17, 15) is 0 Å². The molecule has 0 fully saturated rings. The first-order chi connectivity index (χ1) is 3.68. The first-order valence-corrected chi connectivity index (χ1v) is 3.22. The number of nitrogens with two attached hydrogens (primary N) is 1. The Bertz CT molecular complexity index is 120. The molecule has 0 aliphatic heterocycles. The summed E-state index contributed by atoms with van der Waals surface area (Å²) in [5.74, 6) is 0. The summed E-state index contributed by atoms with van der Waals surface area (Å²) in [6.07, 6.45) is 3.84. The van der Waals surface area contributed by atoms with E-state index in [2.05, 4.69) is 15.9 Å². The van der Waals surface area contributed by atoms with Gasteiger partial charge < -0.3 is 5.73 Å². The molecule has 0 saturated heterocycles. The average molecular weight is 176 g/mol. The van der Waals surface area contributed by atoms with Gasteiger partial charge in [-0.2, -0.15) is 0 Å². The van der Waals surface area contributed by atoms with Crippen molar-refractivity contribution in [3.63, 3.8) is 0 Å². The van der Waals surface area contributed by atoms with Gasteiger partial charge in [0.1, 0.15) is 0 Å². The Morgan fingerprint density at radius 2 is 2.12 bits per heavy atom. The minimum atomic E-state index is 0.808. The maximum Gasteiger partial charge on any atom is 0.0356 e. The predicted molar refractivity (Wildman–Crippen MR) is 40.6 cm³/mol. The third-order valence-corrected chi connectivity index (χ3v) is 1.58. The molecule has 2 heteroatoms. The molecule has 0 atom stereocenters. The molecule has 0 saturated carbocycles. The maximum atomic E-state index is 5.40. The van der Waals surface area contributed by atoms with Crippen LogP contribution in [0.3, 0.4) is 0 Å². The predicted octanol–water partition coefficient (Wildman–Crippen LogP) is 2.15. The van der Waals surface area contributed by atoms with Crippen molar-refractivity contribution < 1.29 is 0 Å². The third kappa shape index (κ3) is 2.86. The second-order valence-electron chi connectivity index (χ2n) is 1.53. The lowest BCUT2D eigenvalue weighted by molar-refractivity contribution is 1.31. The van der Waals surface area contributed by atoms with Crippen LogP contribution in [-0.2, 0) is 0 Å². The van der Waals surface area contributed by atoms with E-state index < -0.39 is 0 Å². The molecule has 0 rings (SSSR count). The summed E-state index contributed by atoms with van der Waals surface area (Å²) in [4.78, 5) is 0. The fourth-order valence-corrected chi connectivity index (χ4v) is 0.542. The highest BCUT2D eigenvalue weighted by Crippen LogP contribution is 2.08. The smallest absolute Gasteiger partial charge is 0.0356 e. The van der Waals surface area contributed by atoms with E-state index >= 15 is 0 Å². The molecule has 46 valence electrons. The molecule has 0 bridgehead atoms. The van der Waals surface area contributed by atoms with Gasteiger partial charge >= 0.3 is 0 Å². The van der Waals surface area contributed by atoms with Gasteiger partial charge in [0.25, 0.3) is 0 Å². The summed E-state index contributed by atoms with van der Waals surface area (Å²) in [6.45, 7) is 3.80. The molecular formula is C6H10BrN. The van der Waals surface area contributed by atoms with Crippen LogP contribution in [-0.4, -0.2) is 0 Å². The number of allylic oxidation sites excluding steroid dienone is 4. The molecule has 0 aliphatic rings. The van der Waals surface area contributed by atoms with Crippen molar-refractivity contribution >= 4 is 15.9 Å². The fraction of sp³-hybridized carbons (Fsp3) is 0.333. The molecule has 0 spiro atoms. The van der Waals surface area contributed by atoms with Gasteiger partial charge in [0.15, 0.2) is 0 Å². The summed E-state index contributed by atoms with van der Waals surface area (Å²) in [5.41, 5.74) is 6.21. The van der Waals surface area contributed by atoms with Crippen LogP contribution in [0, 0.1) is 0 Å². The van der Waals surface area contributed by atoms with E-state index in [0.29, 0.717) is 0 Å². The van der Waals surface area contributed by atoms with E-state index in [1.807, 2.05) is 26.0 Å². The van der Waals surface area contributed by atoms with Gasteiger partial charge in [-0.1, -0.05) is 12.2 Å². The number of hydrogen-bond donors (Lipinski definition) is 1. The van der Waals surface area contributed by atoms with Gasteiger partial charge in [-0.3, -0.25) is 0 Å². The van der Waals surface area contributed by atoms with Crippen LogP contribution in [0.15, 0.2) is 22.3 Å². The van der Waals surface area contributed by atoms with Crippen LogP contribution in [0.1, 0.15) is 13.8 Å². The van der Waals surface area contributed by atoms with E-state index in [1.54, 1.807) is 0 Å². The topological polar surface area (TPSA) is 26.0 Å². The van der Waals surface area contributed by atoms with Crippen molar-refractivity contribution in [3.8, 4) is 0 Å². The molecular weight excluding hydrogens is 166 g/mol. The SMILES string of the molecule is C/C=C\C(Br)=C(/C)N. The Balaban J connectivity index is 4.00. The van der Waals surface area contributed by atoms with E-state index in [-0.39, 0.29) is 0 Å². The zero-order valence-corrected chi connectivity index (χ0v) is 6.70. The lowest BCUT2D eigenvalue weighted by Crippen LogP contribution is -1.90. The first kappa shape index (κ1) is 7.76. The van der Waals surface area contributed by atoms with Crippen LogP contribution in [0.2, 0.25) is 0 Å². The molecule has 0 aromatic heterocycles. The molecule has 0 radical (unpaired) electrons. The van der Waals surface area contributed by atoms with Crippen molar-refractivity contribution in [3.05, 3.63) is 22.3 Å². The van der Waals surface area contributed by atoms with Crippen molar-refractivity contribution in [2.24, 2.45) is 5.73 Å². The van der Waals surface area contributed by atoms with Crippen LogP contribution >= 0.6 is 15.9 Å². The quantitative estimate of drug-likeness (QED) is 0.608. The van der Waals surface area contributed by atoms with Gasteiger partial charge in [0.2, 0.25) is 0 Å². The van der Waals surface area contributed by atoms with Crippen molar-refractivity contribution in [1.82, 2.24) is 0 Å². The van der Waals surface area contributed by atoms with E-state index in [1.165, 1.54) is 0 Å². The standard InChI is InChI=1S/C6H10BrN/c1-3-4-6(7)5(2)8/h3-4H,8H2,1-2H3/b4-3-,6-5-. The Kier molecular flexibility index (Phi) is 3.61. The van der Waals surface area contributed by atoms with Crippen LogP contribution in [0.5, 0.6) is 0 Å². The summed E-state index contributed by atoms with van der Waals surface area (Å²) in [6, 6.07) is 0. The second-order valence-corrected chi connectivity index (χ2v) is 2.39. The van der Waals surface area contributed by atoms with Crippen LogP contribution in [0.25, 0.3) is 0 Å². The molecule has 0 aromatic carbocycles. The van der Waals surface area contributed by atoms with Gasteiger partial charge in [-0.05, 0) is 29.8 Å². The third-order valence-electron chi connectivity index (χ3n) is 0.690. The molecule has 0 aliphatic carbocycles. The number of halogens is 1. The van der Waals surface area contributed by atoms with Crippen molar-refractivity contribution in [2.75, 3.05) is 0 Å². The van der Waals surface area contributed by atoms with Crippen LogP contribution in [0.4, 0.5) is 0 Å². The molecule has 0 amide bonds. The van der Waals surface area contributed by atoms with Gasteiger partial charge in [-0.15, -0.1) is 0 Å². The highest BCUT2D eigenvalue weighted by Gasteiger charge is 1.83. The molecule has 2 N–H and O–H groups in total.